The molecule has 0 saturated heterocycles. The van der Waals surface area contributed by atoms with Gasteiger partial charge < -0.3 is 0 Å². The van der Waals surface area contributed by atoms with Gasteiger partial charge in [0.2, 0.25) is 0 Å². The van der Waals surface area contributed by atoms with Gasteiger partial charge in [-0.1, -0.05) is 35.5 Å². The van der Waals surface area contributed by atoms with Crippen LogP contribution in [0.4, 0.5) is 0 Å². The molecule has 0 aromatic carbocycles. The lowest BCUT2D eigenvalue weighted by Crippen LogP contribution is -1.62. The van der Waals surface area contributed by atoms with Gasteiger partial charge in [0.1, 0.15) is 0 Å². The monoisotopic (exact) mass is 120 g/mol. The van der Waals surface area contributed by atoms with Crippen molar-refractivity contribution < 1.29 is 0 Å². The van der Waals surface area contributed by atoms with Crippen LogP contribution in [0.3, 0.4) is 0 Å². The van der Waals surface area contributed by atoms with Crippen LogP contribution in [-0.2, 0) is 0 Å². The Labute approximate surface area is 56.6 Å². The molecule has 0 atom stereocenters. The lowest BCUT2D eigenvalue weighted by molar-refractivity contribution is 1.32. The Hall–Kier alpha value is -0.780. The van der Waals surface area contributed by atoms with E-state index < -0.39 is 0 Å². The normalized spacial score (nSPS) is 18.4. The van der Waals surface area contributed by atoms with Crippen LogP contribution >= 0.6 is 0 Å². The highest BCUT2D eigenvalue weighted by Crippen LogP contribution is 2.08. The lowest BCUT2D eigenvalue weighted by atomic mass is 10.2. The van der Waals surface area contributed by atoms with E-state index in [2.05, 4.69) is 38.2 Å². The molecule has 9 heavy (non-hydrogen) atoms. The smallest absolute Gasteiger partial charge is 0.0158 e. The highest BCUT2D eigenvalue weighted by atomic mass is 13.9. The van der Waals surface area contributed by atoms with Crippen molar-refractivity contribution >= 4 is 0 Å². The van der Waals surface area contributed by atoms with Gasteiger partial charge in [0.15, 0.2) is 0 Å². The maximum Gasteiger partial charge on any atom is -0.0158 e. The first kappa shape index (κ1) is 6.34. The van der Waals surface area contributed by atoms with Gasteiger partial charge in [0.05, 0.1) is 0 Å². The van der Waals surface area contributed by atoms with Crippen LogP contribution in [0.5, 0.6) is 0 Å². The minimum Gasteiger partial charge on any atom is -0.0778 e. The Morgan fingerprint density at radius 1 is 1.00 bits per heavy atom. The van der Waals surface area contributed by atoms with Crippen LogP contribution in [0.1, 0.15) is 20.3 Å². The average Bonchev–Trinajstić information content (AvgIpc) is 1.97. The van der Waals surface area contributed by atoms with Crippen LogP contribution in [0, 0.1) is 0 Å². The van der Waals surface area contributed by atoms with E-state index in [-0.39, 0.29) is 0 Å². The Bertz CT molecular complexity index is 160. The van der Waals surface area contributed by atoms with Crippen molar-refractivity contribution in [2.75, 3.05) is 0 Å². The van der Waals surface area contributed by atoms with Crippen LogP contribution in [0.15, 0.2) is 35.5 Å². The second-order valence-corrected chi connectivity index (χ2v) is 2.47. The fourth-order valence-corrected chi connectivity index (χ4v) is 0.830. The summed E-state index contributed by atoms with van der Waals surface area (Å²) in [5.41, 5.74) is 2.73. The molecule has 0 bridgehead atoms. The molecule has 0 heteroatoms. The van der Waals surface area contributed by atoms with Crippen LogP contribution in [0.2, 0.25) is 0 Å². The van der Waals surface area contributed by atoms with E-state index >= 15 is 0 Å². The van der Waals surface area contributed by atoms with E-state index in [4.69, 9.17) is 0 Å². The molecule has 0 aromatic heterocycles. The second-order valence-electron chi connectivity index (χ2n) is 2.47. The van der Waals surface area contributed by atoms with Gasteiger partial charge in [0, 0.05) is 0 Å². The van der Waals surface area contributed by atoms with Crippen LogP contribution < -0.4 is 0 Å². The molecule has 0 heterocycles. The standard InChI is InChI=1S/C9H12/c1-8-4-3-5-9(2)7-6-8/h4-7H,3H2,1-2H3. The minimum atomic E-state index is 1.09. The molecule has 0 aromatic rings. The first-order valence-corrected chi connectivity index (χ1v) is 3.30. The fourth-order valence-electron chi connectivity index (χ4n) is 0.830. The van der Waals surface area contributed by atoms with E-state index in [0.29, 0.717) is 0 Å². The molecule has 0 radical (unpaired) electrons. The van der Waals surface area contributed by atoms with Gasteiger partial charge in [-0.3, -0.25) is 0 Å². The number of hydrogen-bond donors (Lipinski definition) is 0. The summed E-state index contributed by atoms with van der Waals surface area (Å²) in [4.78, 5) is 0. The molecule has 0 aliphatic heterocycles. The average molecular weight is 120 g/mol. The SMILES string of the molecule is CC1=CCC=C(C)C=C1. The first-order chi connectivity index (χ1) is 4.29. The summed E-state index contributed by atoms with van der Waals surface area (Å²) < 4.78 is 0. The van der Waals surface area contributed by atoms with Crippen molar-refractivity contribution in [1.29, 1.82) is 0 Å². The largest absolute Gasteiger partial charge is 0.0778 e. The quantitative estimate of drug-likeness (QED) is 0.461. The molecule has 1 rings (SSSR count). The van der Waals surface area contributed by atoms with Crippen molar-refractivity contribution in [3.05, 3.63) is 35.5 Å². The topological polar surface area (TPSA) is 0 Å². The van der Waals surface area contributed by atoms with Gasteiger partial charge in [-0.15, -0.1) is 0 Å². The van der Waals surface area contributed by atoms with Gasteiger partial charge >= 0.3 is 0 Å². The molecule has 0 nitrogen and oxygen atoms in total. The van der Waals surface area contributed by atoms with E-state index in [1.807, 2.05) is 0 Å². The maximum atomic E-state index is 2.23. The van der Waals surface area contributed by atoms with Gasteiger partial charge in [0.25, 0.3) is 0 Å². The van der Waals surface area contributed by atoms with Crippen LogP contribution in [0.25, 0.3) is 0 Å². The maximum absolute atomic E-state index is 2.23. The zero-order chi connectivity index (χ0) is 6.69. The first-order valence-electron chi connectivity index (χ1n) is 3.30. The summed E-state index contributed by atoms with van der Waals surface area (Å²) in [7, 11) is 0. The van der Waals surface area contributed by atoms with Gasteiger partial charge in [-0.05, 0) is 20.3 Å². The van der Waals surface area contributed by atoms with E-state index in [1.54, 1.807) is 0 Å². The molecule has 0 unspecified atom stereocenters. The second kappa shape index (κ2) is 2.67. The van der Waals surface area contributed by atoms with Gasteiger partial charge in [-0.25, -0.2) is 0 Å². The third kappa shape index (κ3) is 1.88. The predicted octanol–water partition coefficient (Wildman–Crippen LogP) is 2.84. The Morgan fingerprint density at radius 2 is 1.44 bits per heavy atom. The fraction of sp³-hybridized carbons (Fsp3) is 0.333. The third-order valence-electron chi connectivity index (χ3n) is 1.49. The highest BCUT2D eigenvalue weighted by molar-refractivity contribution is 5.29. The molecule has 0 spiro atoms. The summed E-state index contributed by atoms with van der Waals surface area (Å²) in [6.07, 6.45) is 9.85. The Morgan fingerprint density at radius 3 is 1.89 bits per heavy atom. The van der Waals surface area contributed by atoms with Crippen molar-refractivity contribution in [1.82, 2.24) is 0 Å². The van der Waals surface area contributed by atoms with E-state index in [1.165, 1.54) is 11.1 Å². The molecular formula is C9H12. The highest BCUT2D eigenvalue weighted by Gasteiger charge is 1.87. The van der Waals surface area contributed by atoms with Crippen molar-refractivity contribution in [3.63, 3.8) is 0 Å². The third-order valence-corrected chi connectivity index (χ3v) is 1.49. The number of allylic oxidation sites excluding steroid dienone is 6. The zero-order valence-corrected chi connectivity index (χ0v) is 6.02. The Balaban J connectivity index is 2.75. The van der Waals surface area contributed by atoms with E-state index in [9.17, 15) is 0 Å². The molecular weight excluding hydrogens is 108 g/mol. The number of rotatable bonds is 0. The molecule has 0 saturated carbocycles. The summed E-state index contributed by atoms with van der Waals surface area (Å²) in [6.45, 7) is 4.26. The van der Waals surface area contributed by atoms with Crippen LogP contribution in [-0.4, -0.2) is 0 Å². The zero-order valence-electron chi connectivity index (χ0n) is 6.02. The minimum absolute atomic E-state index is 1.09. The van der Waals surface area contributed by atoms with E-state index in [0.717, 1.165) is 6.42 Å². The van der Waals surface area contributed by atoms with Crippen molar-refractivity contribution in [2.45, 2.75) is 20.3 Å². The molecule has 0 amide bonds. The molecule has 1 aliphatic rings. The molecule has 1 aliphatic carbocycles. The van der Waals surface area contributed by atoms with Crippen molar-refractivity contribution in [3.8, 4) is 0 Å². The molecule has 48 valence electrons. The summed E-state index contributed by atoms with van der Waals surface area (Å²) in [6, 6.07) is 0. The molecule has 0 fully saturated rings. The summed E-state index contributed by atoms with van der Waals surface area (Å²) >= 11 is 0. The van der Waals surface area contributed by atoms with Gasteiger partial charge in [-0.2, -0.15) is 0 Å². The molecule has 0 N–H and O–H groups in total. The summed E-state index contributed by atoms with van der Waals surface area (Å²) in [5, 5.41) is 0. The summed E-state index contributed by atoms with van der Waals surface area (Å²) in [5.74, 6) is 0. The number of hydrogen-bond acceptors (Lipinski definition) is 0. The van der Waals surface area contributed by atoms with Crippen molar-refractivity contribution in [2.24, 2.45) is 0 Å². The predicted molar refractivity (Wildman–Crippen MR) is 41.3 cm³/mol. The lowest BCUT2D eigenvalue weighted by Gasteiger charge is -1.83. The Kier molecular flexibility index (Phi) is 1.88.